The van der Waals surface area contributed by atoms with E-state index in [0.717, 1.165) is 38.4 Å². The number of hydrogen-bond donors (Lipinski definition) is 2. The summed E-state index contributed by atoms with van der Waals surface area (Å²) >= 11 is 10.5. The Kier molecular flexibility index (Phi) is 5.67. The highest BCUT2D eigenvalue weighted by atomic mass is 35.5. The Balaban J connectivity index is 0.000000258. The highest BCUT2D eigenvalue weighted by Crippen LogP contribution is 2.33. The minimum absolute atomic E-state index is 0.469. The maximum absolute atomic E-state index is 5.94. The fourth-order valence-corrected chi connectivity index (χ4v) is 3.67. The third-order valence-corrected chi connectivity index (χ3v) is 5.05. The molecule has 1 fully saturated rings. The van der Waals surface area contributed by atoms with Crippen LogP contribution < -0.4 is 5.73 Å². The van der Waals surface area contributed by atoms with Crippen LogP contribution in [0.1, 0.15) is 37.1 Å². The van der Waals surface area contributed by atoms with Crippen LogP contribution in [0.2, 0.25) is 5.15 Å². The van der Waals surface area contributed by atoms with Gasteiger partial charge in [0.15, 0.2) is 0 Å². The summed E-state index contributed by atoms with van der Waals surface area (Å²) < 4.78 is 5.20. The second-order valence-electron chi connectivity index (χ2n) is 6.44. The van der Waals surface area contributed by atoms with Crippen molar-refractivity contribution in [2.75, 3.05) is 0 Å². The van der Waals surface area contributed by atoms with Crippen LogP contribution in [-0.2, 0) is 0 Å². The number of nitrogens with two attached hydrogens (primary N) is 1. The number of nitrogens with zero attached hydrogens (tertiary/aromatic N) is 2. The van der Waals surface area contributed by atoms with Gasteiger partial charge in [0.1, 0.15) is 10.9 Å². The molecule has 2 aromatic heterocycles. The van der Waals surface area contributed by atoms with Crippen molar-refractivity contribution in [3.63, 3.8) is 0 Å². The molecule has 1 aliphatic rings. The predicted octanol–water partition coefficient (Wildman–Crippen LogP) is 5.34. The van der Waals surface area contributed by atoms with Crippen molar-refractivity contribution in [2.45, 2.75) is 50.5 Å². The average Bonchev–Trinajstić information content (AvgIpc) is 3.16. The van der Waals surface area contributed by atoms with Crippen molar-refractivity contribution in [2.24, 2.45) is 5.73 Å². The Bertz CT molecular complexity index is 868. The number of hydrogen-bond acceptors (Lipinski definition) is 5. The average molecular weight is 376 g/mol. The molecule has 3 aromatic rings. The number of thiol groups is 1. The number of aromatic nitrogens is 2. The fourth-order valence-electron chi connectivity index (χ4n) is 3.19. The normalized spacial score (nSPS) is 14.6. The van der Waals surface area contributed by atoms with E-state index in [-0.39, 0.29) is 0 Å². The maximum Gasteiger partial charge on any atom is 0.141 e. The van der Waals surface area contributed by atoms with Crippen molar-refractivity contribution >= 4 is 35.1 Å². The van der Waals surface area contributed by atoms with Crippen LogP contribution in [-0.4, -0.2) is 16.2 Å². The van der Waals surface area contributed by atoms with Crippen LogP contribution in [0.4, 0.5) is 0 Å². The van der Waals surface area contributed by atoms with E-state index in [1.54, 1.807) is 6.07 Å². The molecule has 0 aliphatic heterocycles. The first-order valence-electron chi connectivity index (χ1n) is 8.44. The largest absolute Gasteiger partial charge is 0.361 e. The van der Waals surface area contributed by atoms with Crippen LogP contribution >= 0.6 is 24.2 Å². The molecule has 1 aliphatic carbocycles. The lowest BCUT2D eigenvalue weighted by Crippen LogP contribution is -2.13. The van der Waals surface area contributed by atoms with Gasteiger partial charge in [-0.25, -0.2) is 4.98 Å². The van der Waals surface area contributed by atoms with Crippen LogP contribution in [0, 0.1) is 13.8 Å². The van der Waals surface area contributed by atoms with Crippen LogP contribution in [0.25, 0.3) is 22.0 Å². The van der Waals surface area contributed by atoms with Crippen molar-refractivity contribution < 1.29 is 4.52 Å². The van der Waals surface area contributed by atoms with E-state index in [0.29, 0.717) is 11.2 Å². The van der Waals surface area contributed by atoms with Crippen molar-refractivity contribution in [1.82, 2.24) is 10.1 Å². The van der Waals surface area contributed by atoms with Gasteiger partial charge in [-0.2, -0.15) is 0 Å². The number of pyridine rings is 1. The summed E-state index contributed by atoms with van der Waals surface area (Å²) in [4.78, 5) is 5.19. The number of fused-ring (bicyclic) bond motifs is 1. The van der Waals surface area contributed by atoms with E-state index < -0.39 is 0 Å². The van der Waals surface area contributed by atoms with Crippen molar-refractivity contribution in [1.29, 1.82) is 0 Å². The molecule has 0 radical (unpaired) electrons. The highest BCUT2D eigenvalue weighted by Gasteiger charge is 2.13. The molecule has 0 amide bonds. The van der Waals surface area contributed by atoms with Crippen molar-refractivity contribution in [3.8, 4) is 11.1 Å². The zero-order valence-corrected chi connectivity index (χ0v) is 16.1. The zero-order chi connectivity index (χ0) is 18.0. The lowest BCUT2D eigenvalue weighted by Gasteiger charge is -2.06. The van der Waals surface area contributed by atoms with Gasteiger partial charge in [0.25, 0.3) is 0 Å². The standard InChI is InChI=1S/C14H11ClN2OS.C5H11N/c1-7-14(8(2)18-17-7)9-5-11-10(12(19)6-9)3-4-13(15)16-11;6-5-3-1-2-4-5/h3-6,19H,1-2H3;5H,1-4,6H2. The van der Waals surface area contributed by atoms with E-state index in [4.69, 9.17) is 21.9 Å². The number of aryl methyl sites for hydroxylation is 2. The molecule has 2 heterocycles. The Morgan fingerprint density at radius 1 is 1.20 bits per heavy atom. The summed E-state index contributed by atoms with van der Waals surface area (Å²) in [5, 5.41) is 5.42. The van der Waals surface area contributed by atoms with Gasteiger partial charge >= 0.3 is 0 Å². The van der Waals surface area contributed by atoms with Gasteiger partial charge < -0.3 is 10.3 Å². The molecule has 132 valence electrons. The number of rotatable bonds is 1. The van der Waals surface area contributed by atoms with E-state index in [9.17, 15) is 0 Å². The summed E-state index contributed by atoms with van der Waals surface area (Å²) in [6, 6.07) is 8.20. The molecule has 25 heavy (non-hydrogen) atoms. The third-order valence-electron chi connectivity index (χ3n) is 4.47. The Hall–Kier alpha value is -1.56. The fraction of sp³-hybridized carbons (Fsp3) is 0.368. The van der Waals surface area contributed by atoms with Gasteiger partial charge in [-0.1, -0.05) is 29.6 Å². The van der Waals surface area contributed by atoms with E-state index in [1.165, 1.54) is 25.7 Å². The minimum Gasteiger partial charge on any atom is -0.361 e. The van der Waals surface area contributed by atoms with Crippen molar-refractivity contribution in [3.05, 3.63) is 40.9 Å². The second kappa shape index (κ2) is 7.77. The van der Waals surface area contributed by atoms with Gasteiger partial charge in [0.2, 0.25) is 0 Å². The van der Waals surface area contributed by atoms with Gasteiger partial charge in [-0.05, 0) is 56.5 Å². The Morgan fingerprint density at radius 2 is 1.92 bits per heavy atom. The van der Waals surface area contributed by atoms with E-state index in [2.05, 4.69) is 22.8 Å². The Morgan fingerprint density at radius 3 is 2.48 bits per heavy atom. The van der Waals surface area contributed by atoms with E-state index >= 15 is 0 Å². The molecular weight excluding hydrogens is 354 g/mol. The summed E-state index contributed by atoms with van der Waals surface area (Å²) in [5.74, 6) is 0.784. The molecule has 0 bridgehead atoms. The molecule has 0 atom stereocenters. The molecule has 2 N–H and O–H groups in total. The minimum atomic E-state index is 0.469. The molecular formula is C19H22ClN3OS. The van der Waals surface area contributed by atoms with Crippen LogP contribution in [0.3, 0.4) is 0 Å². The summed E-state index contributed by atoms with van der Waals surface area (Å²) in [6.45, 7) is 3.81. The van der Waals surface area contributed by atoms with Gasteiger partial charge in [-0.15, -0.1) is 12.6 Å². The molecule has 1 aromatic carbocycles. The summed E-state index contributed by atoms with van der Waals surface area (Å²) in [5.41, 5.74) is 9.18. The SMILES string of the molecule is Cc1noc(C)c1-c1cc(S)c2ccc(Cl)nc2c1.NC1CCCC1. The molecule has 1 saturated carbocycles. The zero-order valence-electron chi connectivity index (χ0n) is 14.4. The highest BCUT2D eigenvalue weighted by molar-refractivity contribution is 7.80. The first-order valence-corrected chi connectivity index (χ1v) is 9.26. The topological polar surface area (TPSA) is 64.9 Å². The monoisotopic (exact) mass is 375 g/mol. The summed E-state index contributed by atoms with van der Waals surface area (Å²) in [7, 11) is 0. The van der Waals surface area contributed by atoms with Gasteiger partial charge in [-0.3, -0.25) is 0 Å². The quantitative estimate of drug-likeness (QED) is 0.445. The first kappa shape index (κ1) is 18.2. The van der Waals surface area contributed by atoms with Gasteiger partial charge in [0.05, 0.1) is 11.2 Å². The number of halogens is 1. The maximum atomic E-state index is 5.94. The van der Waals surface area contributed by atoms with Crippen LogP contribution in [0.15, 0.2) is 33.7 Å². The lowest BCUT2D eigenvalue weighted by atomic mass is 10.0. The van der Waals surface area contributed by atoms with E-state index in [1.807, 2.05) is 32.0 Å². The second-order valence-corrected chi connectivity index (χ2v) is 7.31. The molecule has 0 unspecified atom stereocenters. The molecule has 0 spiro atoms. The molecule has 0 saturated heterocycles. The smallest absolute Gasteiger partial charge is 0.141 e. The first-order chi connectivity index (χ1) is 12.0. The Labute approximate surface area is 158 Å². The molecule has 4 nitrogen and oxygen atoms in total. The van der Waals surface area contributed by atoms with Crippen LogP contribution in [0.5, 0.6) is 0 Å². The lowest BCUT2D eigenvalue weighted by molar-refractivity contribution is 0.393. The third kappa shape index (κ3) is 4.17. The van der Waals surface area contributed by atoms with Gasteiger partial charge in [0, 0.05) is 21.9 Å². The predicted molar refractivity (Wildman–Crippen MR) is 105 cm³/mol. The molecule has 4 rings (SSSR count). The summed E-state index contributed by atoms with van der Waals surface area (Å²) in [6.07, 6.45) is 5.25. The molecule has 6 heteroatoms. The number of benzene rings is 1.